The van der Waals surface area contributed by atoms with E-state index in [9.17, 15) is 5.11 Å². The van der Waals surface area contributed by atoms with Crippen molar-refractivity contribution in [3.8, 4) is 28.3 Å². The fraction of sp³-hybridized carbons (Fsp3) is 0.133. The average molecular weight is 637 g/mol. The molecule has 7 aromatic carbocycles. The summed E-state index contributed by atoms with van der Waals surface area (Å²) < 4.78 is 6.97. The number of aryl methyl sites for hydroxylation is 1. The van der Waals surface area contributed by atoms with Gasteiger partial charge in [-0.05, 0) is 75.9 Å². The molecule has 0 bridgehead atoms. The number of benzene rings is 7. The van der Waals surface area contributed by atoms with Crippen LogP contribution in [0.1, 0.15) is 36.5 Å². The van der Waals surface area contributed by atoms with Crippen LogP contribution in [0.5, 0.6) is 5.75 Å². The second kappa shape index (κ2) is 11.7. The fourth-order valence-corrected chi connectivity index (χ4v) is 8.39. The maximum absolute atomic E-state index is 11.1. The van der Waals surface area contributed by atoms with Gasteiger partial charge in [-0.3, -0.25) is 0 Å². The molecule has 0 saturated carbocycles. The number of phenols is 1. The third-order valence-electron chi connectivity index (χ3n) is 10.5. The molecule has 9 rings (SSSR count). The zero-order chi connectivity index (χ0) is 33.0. The van der Waals surface area contributed by atoms with E-state index in [1.165, 1.54) is 32.7 Å². The molecule has 4 heteroatoms. The fourth-order valence-electron chi connectivity index (χ4n) is 8.39. The SMILES string of the molecule is CCN(c1nc(-c2ccccc2)c(-c2ccccc2)o1)C1(c2cccc3c(O)cccc23)CCCc2c1ccc1c2ccc2ccccc21. The van der Waals surface area contributed by atoms with Gasteiger partial charge in [0, 0.05) is 23.1 Å². The highest BCUT2D eigenvalue weighted by Gasteiger charge is 2.46. The van der Waals surface area contributed by atoms with E-state index in [1.54, 1.807) is 6.07 Å². The number of fused-ring (bicyclic) bond motifs is 6. The van der Waals surface area contributed by atoms with Gasteiger partial charge in [-0.15, -0.1) is 0 Å². The van der Waals surface area contributed by atoms with Gasteiger partial charge in [0.1, 0.15) is 11.4 Å². The number of phenolic OH excluding ortho intramolecular Hbond substituents is 1. The first-order valence-electron chi connectivity index (χ1n) is 17.2. The molecular weight excluding hydrogens is 601 g/mol. The van der Waals surface area contributed by atoms with E-state index in [0.717, 1.165) is 58.2 Å². The quantitative estimate of drug-likeness (QED) is 0.185. The summed E-state index contributed by atoms with van der Waals surface area (Å²) in [4.78, 5) is 7.74. The standard InChI is InChI=1S/C45H36N2O2/c1-2-47(44-46-42(31-15-5-3-6-16-31)43(49-44)32-17-7-4-8-18-32)45(39-23-11-21-38-37(39)20-12-24-41(38)48)29-13-22-36-35-26-25-30-14-9-10-19-33(30)34(35)27-28-40(36)45/h3-12,14-21,23-28,48H,2,13,22,29H2,1H3. The third-order valence-corrected chi connectivity index (χ3v) is 10.5. The molecule has 1 unspecified atom stereocenters. The minimum absolute atomic E-state index is 0.285. The molecule has 0 amide bonds. The van der Waals surface area contributed by atoms with Gasteiger partial charge in [-0.25, -0.2) is 0 Å². The maximum atomic E-state index is 11.1. The highest BCUT2D eigenvalue weighted by Crippen LogP contribution is 2.52. The van der Waals surface area contributed by atoms with Crippen molar-refractivity contribution in [3.05, 3.63) is 162 Å². The topological polar surface area (TPSA) is 49.5 Å². The van der Waals surface area contributed by atoms with Crippen LogP contribution in [-0.4, -0.2) is 16.6 Å². The van der Waals surface area contributed by atoms with Crippen molar-refractivity contribution in [2.75, 3.05) is 11.4 Å². The van der Waals surface area contributed by atoms with Gasteiger partial charge in [0.15, 0.2) is 5.76 Å². The summed E-state index contributed by atoms with van der Waals surface area (Å²) in [6.45, 7) is 2.86. The Morgan fingerprint density at radius 1 is 0.633 bits per heavy atom. The summed E-state index contributed by atoms with van der Waals surface area (Å²) in [5.74, 6) is 1.04. The number of hydrogen-bond acceptors (Lipinski definition) is 4. The van der Waals surface area contributed by atoms with E-state index in [2.05, 4.69) is 103 Å². The molecule has 1 N–H and O–H groups in total. The second-order valence-corrected chi connectivity index (χ2v) is 13.0. The van der Waals surface area contributed by atoms with E-state index in [4.69, 9.17) is 9.40 Å². The largest absolute Gasteiger partial charge is 0.507 e. The smallest absolute Gasteiger partial charge is 0.299 e. The van der Waals surface area contributed by atoms with Crippen molar-refractivity contribution in [2.45, 2.75) is 31.7 Å². The summed E-state index contributed by atoms with van der Waals surface area (Å²) in [5, 5.41) is 18.0. The molecule has 238 valence electrons. The van der Waals surface area contributed by atoms with Crippen molar-refractivity contribution in [2.24, 2.45) is 0 Å². The molecule has 1 aromatic heterocycles. The lowest BCUT2D eigenvalue weighted by atomic mass is 9.69. The Morgan fingerprint density at radius 2 is 1.33 bits per heavy atom. The predicted octanol–water partition coefficient (Wildman–Crippen LogP) is 11.3. The first-order valence-corrected chi connectivity index (χ1v) is 17.2. The molecular formula is C45H36N2O2. The molecule has 0 fully saturated rings. The summed E-state index contributed by atoms with van der Waals surface area (Å²) in [5.41, 5.74) is 5.97. The molecule has 49 heavy (non-hydrogen) atoms. The van der Waals surface area contributed by atoms with Crippen LogP contribution in [0.2, 0.25) is 0 Å². The van der Waals surface area contributed by atoms with Crippen LogP contribution in [0.4, 0.5) is 6.01 Å². The van der Waals surface area contributed by atoms with Gasteiger partial charge in [-0.2, -0.15) is 4.98 Å². The first kappa shape index (κ1) is 29.3. The Bertz CT molecular complexity index is 2430. The molecule has 0 aliphatic heterocycles. The molecule has 1 aliphatic rings. The number of hydrogen-bond donors (Lipinski definition) is 1. The third kappa shape index (κ3) is 4.55. The number of aromatic nitrogens is 1. The number of rotatable bonds is 6. The van der Waals surface area contributed by atoms with Crippen molar-refractivity contribution in [1.82, 2.24) is 4.98 Å². The Kier molecular flexibility index (Phi) is 6.98. The van der Waals surface area contributed by atoms with E-state index >= 15 is 0 Å². The van der Waals surface area contributed by atoms with E-state index in [-0.39, 0.29) is 5.75 Å². The zero-order valence-electron chi connectivity index (χ0n) is 27.4. The van der Waals surface area contributed by atoms with Crippen molar-refractivity contribution >= 4 is 38.3 Å². The second-order valence-electron chi connectivity index (χ2n) is 13.0. The normalized spacial score (nSPS) is 15.9. The molecule has 1 atom stereocenters. The highest BCUT2D eigenvalue weighted by molar-refractivity contribution is 6.09. The minimum Gasteiger partial charge on any atom is -0.507 e. The van der Waals surface area contributed by atoms with Crippen LogP contribution in [0.15, 0.2) is 150 Å². The highest BCUT2D eigenvalue weighted by atomic mass is 16.4. The Labute approximate surface area is 285 Å². The molecule has 8 aromatic rings. The van der Waals surface area contributed by atoms with Crippen molar-refractivity contribution in [1.29, 1.82) is 0 Å². The molecule has 1 heterocycles. The number of aromatic hydroxyl groups is 1. The Balaban J connectivity index is 1.36. The van der Waals surface area contributed by atoms with Crippen LogP contribution in [0.25, 0.3) is 54.9 Å². The van der Waals surface area contributed by atoms with Crippen LogP contribution in [0, 0.1) is 0 Å². The van der Waals surface area contributed by atoms with Crippen LogP contribution >= 0.6 is 0 Å². The average Bonchev–Trinajstić information content (AvgIpc) is 3.60. The van der Waals surface area contributed by atoms with Crippen molar-refractivity contribution < 1.29 is 9.52 Å². The number of nitrogens with zero attached hydrogens (tertiary/aromatic N) is 2. The number of oxazole rings is 1. The van der Waals surface area contributed by atoms with Crippen molar-refractivity contribution in [3.63, 3.8) is 0 Å². The molecule has 0 radical (unpaired) electrons. The number of anilines is 1. The van der Waals surface area contributed by atoms with E-state index in [1.807, 2.05) is 48.5 Å². The monoisotopic (exact) mass is 636 g/mol. The predicted molar refractivity (Wildman–Crippen MR) is 201 cm³/mol. The van der Waals surface area contributed by atoms with Crippen LogP contribution in [0.3, 0.4) is 0 Å². The van der Waals surface area contributed by atoms with Gasteiger partial charge in [0.2, 0.25) is 0 Å². The Hall–Kier alpha value is -5.87. The Morgan fingerprint density at radius 3 is 2.14 bits per heavy atom. The van der Waals surface area contributed by atoms with Gasteiger partial charge < -0.3 is 14.4 Å². The summed E-state index contributed by atoms with van der Waals surface area (Å²) in [6, 6.07) is 51.3. The molecule has 4 nitrogen and oxygen atoms in total. The maximum Gasteiger partial charge on any atom is 0.299 e. The molecule has 0 spiro atoms. The molecule has 1 aliphatic carbocycles. The minimum atomic E-state index is -0.623. The summed E-state index contributed by atoms with van der Waals surface area (Å²) in [7, 11) is 0. The van der Waals surface area contributed by atoms with Gasteiger partial charge in [0.25, 0.3) is 6.01 Å². The van der Waals surface area contributed by atoms with Gasteiger partial charge in [0.05, 0.1) is 5.54 Å². The lowest BCUT2D eigenvalue weighted by molar-refractivity contribution is 0.380. The van der Waals surface area contributed by atoms with E-state index < -0.39 is 5.54 Å². The summed E-state index contributed by atoms with van der Waals surface area (Å²) >= 11 is 0. The van der Waals surface area contributed by atoms with Gasteiger partial charge >= 0.3 is 0 Å². The van der Waals surface area contributed by atoms with Crippen LogP contribution < -0.4 is 4.90 Å². The first-order chi connectivity index (χ1) is 24.2. The lowest BCUT2D eigenvalue weighted by Gasteiger charge is -2.48. The van der Waals surface area contributed by atoms with E-state index in [0.29, 0.717) is 12.6 Å². The van der Waals surface area contributed by atoms with Gasteiger partial charge in [-0.1, -0.05) is 140 Å². The van der Waals surface area contributed by atoms with Crippen LogP contribution in [-0.2, 0) is 12.0 Å². The summed E-state index contributed by atoms with van der Waals surface area (Å²) in [6.07, 6.45) is 2.84. The zero-order valence-corrected chi connectivity index (χ0v) is 27.4. The molecule has 0 saturated heterocycles. The lowest BCUT2D eigenvalue weighted by Crippen LogP contribution is -2.50.